The van der Waals surface area contributed by atoms with Crippen molar-refractivity contribution in [2.75, 3.05) is 23.3 Å². The highest BCUT2D eigenvalue weighted by Gasteiger charge is 2.20. The lowest BCUT2D eigenvalue weighted by Gasteiger charge is -2.33. The summed E-state index contributed by atoms with van der Waals surface area (Å²) < 4.78 is 0. The van der Waals surface area contributed by atoms with Gasteiger partial charge in [0.1, 0.15) is 23.5 Å². The van der Waals surface area contributed by atoms with Crippen LogP contribution in [0.5, 0.6) is 0 Å². The Hall–Kier alpha value is -3.73. The molecule has 0 aliphatic carbocycles. The predicted molar refractivity (Wildman–Crippen MR) is 115 cm³/mol. The summed E-state index contributed by atoms with van der Waals surface area (Å²) in [5, 5.41) is 12.4. The summed E-state index contributed by atoms with van der Waals surface area (Å²) in [6.45, 7) is 3.76. The second kappa shape index (κ2) is 8.74. The number of piperidine rings is 1. The van der Waals surface area contributed by atoms with Gasteiger partial charge in [-0.2, -0.15) is 5.26 Å². The predicted octanol–water partition coefficient (Wildman–Crippen LogP) is 2.74. The van der Waals surface area contributed by atoms with Crippen molar-refractivity contribution < 1.29 is 0 Å². The van der Waals surface area contributed by atoms with Crippen molar-refractivity contribution in [2.24, 2.45) is 0 Å². The molecule has 0 unspecified atom stereocenters. The number of nitrogens with one attached hydrogen (secondary N) is 2. The highest BCUT2D eigenvalue weighted by Crippen LogP contribution is 2.21. The summed E-state index contributed by atoms with van der Waals surface area (Å²) in [4.78, 5) is 30.1. The highest BCUT2D eigenvalue weighted by atomic mass is 16.1. The van der Waals surface area contributed by atoms with E-state index in [9.17, 15) is 4.79 Å². The Morgan fingerprint density at radius 3 is 2.67 bits per heavy atom. The van der Waals surface area contributed by atoms with Gasteiger partial charge in [-0.1, -0.05) is 6.92 Å². The van der Waals surface area contributed by atoms with Gasteiger partial charge in [0.2, 0.25) is 0 Å². The minimum absolute atomic E-state index is 0.150. The molecule has 0 saturated carbocycles. The Bertz CT molecular complexity index is 1090. The number of aromatic amines is 1. The summed E-state index contributed by atoms with van der Waals surface area (Å²) in [6, 6.07) is 11.5. The van der Waals surface area contributed by atoms with Gasteiger partial charge in [0.25, 0.3) is 5.56 Å². The van der Waals surface area contributed by atoms with Crippen LogP contribution in [0.4, 0.5) is 11.6 Å². The summed E-state index contributed by atoms with van der Waals surface area (Å²) in [5.41, 5.74) is 1.97. The number of rotatable bonds is 5. The van der Waals surface area contributed by atoms with Gasteiger partial charge >= 0.3 is 0 Å². The summed E-state index contributed by atoms with van der Waals surface area (Å²) in [5.74, 6) is 2.26. The van der Waals surface area contributed by atoms with Crippen molar-refractivity contribution in [3.8, 4) is 17.5 Å². The smallest absolute Gasteiger partial charge is 0.251 e. The molecular weight excluding hydrogens is 378 g/mol. The number of aryl methyl sites for hydroxylation is 1. The Morgan fingerprint density at radius 1 is 1.20 bits per heavy atom. The lowest BCUT2D eigenvalue weighted by atomic mass is 10.0. The average molecular weight is 401 g/mol. The number of H-pyrrole nitrogens is 1. The fourth-order valence-corrected chi connectivity index (χ4v) is 3.55. The lowest BCUT2D eigenvalue weighted by molar-refractivity contribution is 0.522. The number of hydrogen-bond donors (Lipinski definition) is 2. The number of hydrogen-bond acceptors (Lipinski definition) is 7. The van der Waals surface area contributed by atoms with Crippen molar-refractivity contribution in [1.82, 2.24) is 19.9 Å². The third kappa shape index (κ3) is 4.46. The first-order chi connectivity index (χ1) is 14.6. The van der Waals surface area contributed by atoms with Crippen LogP contribution >= 0.6 is 0 Å². The maximum Gasteiger partial charge on any atom is 0.251 e. The van der Waals surface area contributed by atoms with E-state index in [0.717, 1.165) is 48.8 Å². The SMILES string of the molecule is CCc1cc(=O)[nH]c(-c2ccc(NC3CCN(c4ccc(C#N)cn4)CC3)nc2)n1. The molecule has 3 aromatic rings. The first kappa shape index (κ1) is 19.6. The second-order valence-electron chi connectivity index (χ2n) is 7.29. The van der Waals surface area contributed by atoms with Crippen LogP contribution in [0.15, 0.2) is 47.5 Å². The van der Waals surface area contributed by atoms with Gasteiger partial charge in [-0.25, -0.2) is 15.0 Å². The van der Waals surface area contributed by atoms with Gasteiger partial charge in [-0.05, 0) is 43.5 Å². The van der Waals surface area contributed by atoms with Gasteiger partial charge in [-0.3, -0.25) is 4.79 Å². The fourth-order valence-electron chi connectivity index (χ4n) is 3.55. The van der Waals surface area contributed by atoms with Gasteiger partial charge in [-0.15, -0.1) is 0 Å². The molecule has 0 spiro atoms. The molecule has 0 bridgehead atoms. The van der Waals surface area contributed by atoms with Crippen LogP contribution in [0.25, 0.3) is 11.4 Å². The number of aromatic nitrogens is 4. The molecule has 0 aromatic carbocycles. The van der Waals surface area contributed by atoms with E-state index in [-0.39, 0.29) is 5.56 Å². The van der Waals surface area contributed by atoms with E-state index >= 15 is 0 Å². The normalized spacial score (nSPS) is 14.3. The van der Waals surface area contributed by atoms with Crippen molar-refractivity contribution in [2.45, 2.75) is 32.2 Å². The number of nitrogens with zero attached hydrogens (tertiary/aromatic N) is 5. The molecule has 1 aliphatic rings. The van der Waals surface area contributed by atoms with Crippen LogP contribution in [-0.2, 0) is 6.42 Å². The average Bonchev–Trinajstić information content (AvgIpc) is 2.80. The van der Waals surface area contributed by atoms with Crippen molar-refractivity contribution >= 4 is 11.6 Å². The van der Waals surface area contributed by atoms with Gasteiger partial charge < -0.3 is 15.2 Å². The van der Waals surface area contributed by atoms with Crippen molar-refractivity contribution in [1.29, 1.82) is 5.26 Å². The van der Waals surface area contributed by atoms with Crippen molar-refractivity contribution in [3.05, 3.63) is 64.3 Å². The van der Waals surface area contributed by atoms with Crippen LogP contribution in [-0.4, -0.2) is 39.1 Å². The third-order valence-electron chi connectivity index (χ3n) is 5.24. The van der Waals surface area contributed by atoms with E-state index in [1.54, 1.807) is 18.5 Å². The summed E-state index contributed by atoms with van der Waals surface area (Å²) in [7, 11) is 0. The number of anilines is 2. The first-order valence-electron chi connectivity index (χ1n) is 10.1. The quantitative estimate of drug-likeness (QED) is 0.676. The number of nitriles is 1. The van der Waals surface area contributed by atoms with E-state index in [4.69, 9.17) is 5.26 Å². The van der Waals surface area contributed by atoms with Crippen molar-refractivity contribution in [3.63, 3.8) is 0 Å². The first-order valence-corrected chi connectivity index (χ1v) is 10.1. The van der Waals surface area contributed by atoms with Crippen LogP contribution in [0.2, 0.25) is 0 Å². The fraction of sp³-hybridized carbons (Fsp3) is 0.318. The molecule has 152 valence electrons. The molecule has 1 aliphatic heterocycles. The van der Waals surface area contributed by atoms with Gasteiger partial charge in [0, 0.05) is 48.8 Å². The Kier molecular flexibility index (Phi) is 5.70. The monoisotopic (exact) mass is 401 g/mol. The van der Waals surface area contributed by atoms with Gasteiger partial charge in [0.15, 0.2) is 0 Å². The Labute approximate surface area is 174 Å². The molecule has 4 rings (SSSR count). The Balaban J connectivity index is 1.36. The summed E-state index contributed by atoms with van der Waals surface area (Å²) >= 11 is 0. The molecule has 0 radical (unpaired) electrons. The topological polar surface area (TPSA) is 111 Å². The van der Waals surface area contributed by atoms with Gasteiger partial charge in [0.05, 0.1) is 5.56 Å². The molecule has 30 heavy (non-hydrogen) atoms. The zero-order valence-electron chi connectivity index (χ0n) is 16.8. The van der Waals surface area contributed by atoms with Crippen LogP contribution in [0.3, 0.4) is 0 Å². The summed E-state index contributed by atoms with van der Waals surface area (Å²) in [6.07, 6.45) is 6.00. The molecule has 8 nitrogen and oxygen atoms in total. The second-order valence-corrected chi connectivity index (χ2v) is 7.29. The molecule has 2 N–H and O–H groups in total. The minimum atomic E-state index is -0.150. The highest BCUT2D eigenvalue weighted by molar-refractivity contribution is 5.56. The molecule has 1 fully saturated rings. The molecule has 0 amide bonds. The van der Waals surface area contributed by atoms with E-state index in [0.29, 0.717) is 23.9 Å². The zero-order chi connectivity index (χ0) is 20.9. The molecule has 8 heteroatoms. The lowest BCUT2D eigenvalue weighted by Crippen LogP contribution is -2.39. The van der Waals surface area contributed by atoms with E-state index in [1.807, 2.05) is 25.1 Å². The molecular formula is C22H23N7O. The van der Waals surface area contributed by atoms with Crippen LogP contribution in [0.1, 0.15) is 31.0 Å². The van der Waals surface area contributed by atoms with E-state index in [1.165, 1.54) is 6.07 Å². The van der Waals surface area contributed by atoms with E-state index < -0.39 is 0 Å². The minimum Gasteiger partial charge on any atom is -0.367 e. The maximum atomic E-state index is 11.8. The Morgan fingerprint density at radius 2 is 2.03 bits per heavy atom. The zero-order valence-corrected chi connectivity index (χ0v) is 16.8. The van der Waals surface area contributed by atoms with Crippen LogP contribution < -0.4 is 15.8 Å². The third-order valence-corrected chi connectivity index (χ3v) is 5.24. The van der Waals surface area contributed by atoms with Crippen LogP contribution in [0, 0.1) is 11.3 Å². The molecule has 4 heterocycles. The molecule has 3 aromatic heterocycles. The maximum absolute atomic E-state index is 11.8. The standard InChI is InChI=1S/C22H23N7O/c1-2-17-11-21(30)28-22(27-17)16-4-5-19(24-14-16)26-18-7-9-29(10-8-18)20-6-3-15(12-23)13-25-20/h3-6,11,13-14,18H,2,7-10H2,1H3,(H,24,26)(H,27,28,30). The number of pyridine rings is 2. The van der Waals surface area contributed by atoms with E-state index in [2.05, 4.69) is 36.2 Å². The molecule has 1 saturated heterocycles. The largest absolute Gasteiger partial charge is 0.367 e. The molecule has 0 atom stereocenters.